The SMILES string of the molecule is O=C(COC1CCCCC1)N1CCC2(CC1)CC(O)CNC2=O. The van der Waals surface area contributed by atoms with E-state index >= 15 is 0 Å². The maximum Gasteiger partial charge on any atom is 0.248 e. The topological polar surface area (TPSA) is 78.9 Å². The molecule has 1 unspecified atom stereocenters. The van der Waals surface area contributed by atoms with E-state index in [1.54, 1.807) is 0 Å². The molecule has 2 N–H and O–H groups in total. The molecule has 3 rings (SSSR count). The van der Waals surface area contributed by atoms with E-state index in [4.69, 9.17) is 4.74 Å². The number of aliphatic hydroxyl groups excluding tert-OH is 1. The van der Waals surface area contributed by atoms with Crippen molar-refractivity contribution in [1.29, 1.82) is 0 Å². The number of amides is 2. The summed E-state index contributed by atoms with van der Waals surface area (Å²) < 4.78 is 5.76. The Morgan fingerprint density at radius 1 is 1.26 bits per heavy atom. The molecular weight excluding hydrogens is 296 g/mol. The highest BCUT2D eigenvalue weighted by Gasteiger charge is 2.45. The highest BCUT2D eigenvalue weighted by atomic mass is 16.5. The van der Waals surface area contributed by atoms with Gasteiger partial charge >= 0.3 is 0 Å². The molecule has 3 fully saturated rings. The Kier molecular flexibility index (Phi) is 5.21. The second-order valence-electron chi connectivity index (χ2n) is 7.30. The van der Waals surface area contributed by atoms with Gasteiger partial charge in [0.15, 0.2) is 0 Å². The van der Waals surface area contributed by atoms with Crippen molar-refractivity contribution >= 4 is 11.8 Å². The van der Waals surface area contributed by atoms with Crippen LogP contribution in [0.1, 0.15) is 51.4 Å². The minimum Gasteiger partial charge on any atom is -0.391 e. The summed E-state index contributed by atoms with van der Waals surface area (Å²) in [6, 6.07) is 0. The van der Waals surface area contributed by atoms with Gasteiger partial charge in [0.25, 0.3) is 0 Å². The molecule has 0 aromatic carbocycles. The number of carbonyl (C=O) groups excluding carboxylic acids is 2. The van der Waals surface area contributed by atoms with Crippen molar-refractivity contribution in [2.75, 3.05) is 26.2 Å². The predicted octanol–water partition coefficient (Wildman–Crippen LogP) is 0.825. The molecule has 1 saturated carbocycles. The molecule has 6 nitrogen and oxygen atoms in total. The molecule has 1 atom stereocenters. The van der Waals surface area contributed by atoms with Gasteiger partial charge in [0.1, 0.15) is 6.61 Å². The van der Waals surface area contributed by atoms with Crippen molar-refractivity contribution in [1.82, 2.24) is 10.2 Å². The Bertz CT molecular complexity index is 440. The first kappa shape index (κ1) is 16.7. The molecule has 0 radical (unpaired) electrons. The summed E-state index contributed by atoms with van der Waals surface area (Å²) in [5.41, 5.74) is -0.487. The van der Waals surface area contributed by atoms with E-state index in [1.807, 2.05) is 4.90 Å². The van der Waals surface area contributed by atoms with Crippen molar-refractivity contribution in [3.8, 4) is 0 Å². The highest BCUT2D eigenvalue weighted by molar-refractivity contribution is 5.84. The van der Waals surface area contributed by atoms with E-state index in [9.17, 15) is 14.7 Å². The molecule has 6 heteroatoms. The van der Waals surface area contributed by atoms with E-state index in [-0.39, 0.29) is 24.5 Å². The number of nitrogens with one attached hydrogen (secondary N) is 1. The van der Waals surface area contributed by atoms with Crippen LogP contribution in [-0.4, -0.2) is 60.3 Å². The van der Waals surface area contributed by atoms with Crippen LogP contribution in [0.5, 0.6) is 0 Å². The number of β-amino-alcohol motifs (C(OH)–C–C–N with tert-alkyl or cyclic N) is 1. The number of rotatable bonds is 3. The Labute approximate surface area is 137 Å². The van der Waals surface area contributed by atoms with Crippen molar-refractivity contribution in [2.24, 2.45) is 5.41 Å². The van der Waals surface area contributed by atoms with Crippen LogP contribution in [0.25, 0.3) is 0 Å². The summed E-state index contributed by atoms with van der Waals surface area (Å²) in [7, 11) is 0. The first-order valence-electron chi connectivity index (χ1n) is 8.95. The third-order valence-electron chi connectivity index (χ3n) is 5.67. The van der Waals surface area contributed by atoms with Gasteiger partial charge in [-0.25, -0.2) is 0 Å². The molecule has 0 aromatic heterocycles. The molecule has 2 saturated heterocycles. The Morgan fingerprint density at radius 3 is 2.65 bits per heavy atom. The molecule has 2 amide bonds. The molecule has 0 aromatic rings. The van der Waals surface area contributed by atoms with Crippen molar-refractivity contribution in [2.45, 2.75) is 63.6 Å². The van der Waals surface area contributed by atoms with Crippen LogP contribution < -0.4 is 5.32 Å². The first-order valence-corrected chi connectivity index (χ1v) is 8.95. The van der Waals surface area contributed by atoms with Gasteiger partial charge in [-0.15, -0.1) is 0 Å². The van der Waals surface area contributed by atoms with Gasteiger partial charge in [0, 0.05) is 19.6 Å². The molecule has 3 aliphatic rings. The van der Waals surface area contributed by atoms with Gasteiger partial charge in [0.05, 0.1) is 17.6 Å². The maximum absolute atomic E-state index is 12.3. The predicted molar refractivity (Wildman–Crippen MR) is 84.7 cm³/mol. The van der Waals surface area contributed by atoms with Crippen LogP contribution >= 0.6 is 0 Å². The summed E-state index contributed by atoms with van der Waals surface area (Å²) in [4.78, 5) is 26.3. The van der Waals surface area contributed by atoms with Crippen LogP contribution in [0.2, 0.25) is 0 Å². The van der Waals surface area contributed by atoms with Gasteiger partial charge in [-0.1, -0.05) is 19.3 Å². The molecule has 0 bridgehead atoms. The van der Waals surface area contributed by atoms with Crippen LogP contribution in [-0.2, 0) is 14.3 Å². The number of hydrogen-bond donors (Lipinski definition) is 2. The summed E-state index contributed by atoms with van der Waals surface area (Å²) in [6.07, 6.45) is 7.34. The zero-order valence-corrected chi connectivity index (χ0v) is 13.8. The zero-order chi connectivity index (χ0) is 16.3. The lowest BCUT2D eigenvalue weighted by Crippen LogP contribution is -2.56. The van der Waals surface area contributed by atoms with Crippen molar-refractivity contribution < 1.29 is 19.4 Å². The van der Waals surface area contributed by atoms with Crippen LogP contribution in [0.15, 0.2) is 0 Å². The smallest absolute Gasteiger partial charge is 0.248 e. The molecule has 1 aliphatic carbocycles. The molecular formula is C17H28N2O4. The molecule has 1 spiro atoms. The molecule has 23 heavy (non-hydrogen) atoms. The largest absolute Gasteiger partial charge is 0.391 e. The quantitative estimate of drug-likeness (QED) is 0.806. The van der Waals surface area contributed by atoms with E-state index in [1.165, 1.54) is 19.3 Å². The van der Waals surface area contributed by atoms with Crippen LogP contribution in [0, 0.1) is 5.41 Å². The van der Waals surface area contributed by atoms with E-state index in [0.717, 1.165) is 12.8 Å². The Morgan fingerprint density at radius 2 is 1.96 bits per heavy atom. The standard InChI is InChI=1S/C17H28N2O4/c20-13-10-17(16(22)18-11-13)6-8-19(9-7-17)15(21)12-23-14-4-2-1-3-5-14/h13-14,20H,1-12H2,(H,18,22). The van der Waals surface area contributed by atoms with Gasteiger partial charge in [-0.3, -0.25) is 9.59 Å². The minimum atomic E-state index is -0.487. The summed E-state index contributed by atoms with van der Waals surface area (Å²) in [5.74, 6) is 0.0653. The molecule has 2 aliphatic heterocycles. The highest BCUT2D eigenvalue weighted by Crippen LogP contribution is 2.38. The zero-order valence-electron chi connectivity index (χ0n) is 13.8. The number of likely N-dealkylation sites (tertiary alicyclic amines) is 1. The van der Waals surface area contributed by atoms with Crippen molar-refractivity contribution in [3.63, 3.8) is 0 Å². The van der Waals surface area contributed by atoms with E-state index in [2.05, 4.69) is 5.32 Å². The van der Waals surface area contributed by atoms with E-state index in [0.29, 0.717) is 38.9 Å². The fourth-order valence-corrected chi connectivity index (χ4v) is 4.14. The number of hydrogen-bond acceptors (Lipinski definition) is 4. The summed E-state index contributed by atoms with van der Waals surface area (Å²) in [5, 5.41) is 12.6. The maximum atomic E-state index is 12.3. The number of piperidine rings is 2. The number of carbonyl (C=O) groups is 2. The Balaban J connectivity index is 1.46. The van der Waals surface area contributed by atoms with E-state index < -0.39 is 11.5 Å². The molecule has 130 valence electrons. The number of aliphatic hydroxyl groups is 1. The first-order chi connectivity index (χ1) is 11.1. The van der Waals surface area contributed by atoms with Crippen molar-refractivity contribution in [3.05, 3.63) is 0 Å². The lowest BCUT2D eigenvalue weighted by Gasteiger charge is -2.44. The van der Waals surface area contributed by atoms with Gasteiger partial charge in [0.2, 0.25) is 11.8 Å². The Hall–Kier alpha value is -1.14. The second kappa shape index (κ2) is 7.18. The lowest BCUT2D eigenvalue weighted by molar-refractivity contribution is -0.148. The minimum absolute atomic E-state index is 0.0298. The number of nitrogens with zero attached hydrogens (tertiary/aromatic N) is 1. The summed E-state index contributed by atoms with van der Waals surface area (Å²) in [6.45, 7) is 1.66. The monoisotopic (exact) mass is 324 g/mol. The van der Waals surface area contributed by atoms with Crippen LogP contribution in [0.4, 0.5) is 0 Å². The second-order valence-corrected chi connectivity index (χ2v) is 7.30. The van der Waals surface area contributed by atoms with Gasteiger partial charge in [-0.05, 0) is 32.1 Å². The van der Waals surface area contributed by atoms with Gasteiger partial charge < -0.3 is 20.1 Å². The van der Waals surface area contributed by atoms with Gasteiger partial charge in [-0.2, -0.15) is 0 Å². The van der Waals surface area contributed by atoms with Crippen LogP contribution in [0.3, 0.4) is 0 Å². The normalized spacial score (nSPS) is 28.7. The average Bonchev–Trinajstić information content (AvgIpc) is 2.58. The lowest BCUT2D eigenvalue weighted by atomic mass is 9.71. The fraction of sp³-hybridized carbons (Fsp3) is 0.882. The summed E-state index contributed by atoms with van der Waals surface area (Å²) >= 11 is 0. The third-order valence-corrected chi connectivity index (χ3v) is 5.67. The molecule has 2 heterocycles. The average molecular weight is 324 g/mol. The number of ether oxygens (including phenoxy) is 1. The third kappa shape index (κ3) is 3.86. The fourth-order valence-electron chi connectivity index (χ4n) is 4.14.